The number of halogens is 4. The Bertz CT molecular complexity index is 685. The molecule has 2 aromatic carbocycles. The fourth-order valence-electron chi connectivity index (χ4n) is 1.70. The van der Waals surface area contributed by atoms with Gasteiger partial charge in [0.15, 0.2) is 0 Å². The van der Waals surface area contributed by atoms with Gasteiger partial charge in [-0.25, -0.2) is 4.39 Å². The molecule has 0 aromatic heterocycles. The van der Waals surface area contributed by atoms with Gasteiger partial charge in [-0.15, -0.1) is 0 Å². The molecule has 0 spiro atoms. The smallest absolute Gasteiger partial charge is 0.417 e. The molecule has 2 aromatic rings. The minimum absolute atomic E-state index is 0.0800. The molecule has 0 aliphatic heterocycles. The van der Waals surface area contributed by atoms with Crippen molar-refractivity contribution in [1.82, 2.24) is 0 Å². The SMILES string of the molecule is NC(=S)c1cc(Oc2cccc(F)c2)ccc1C(F)(F)F. The highest BCUT2D eigenvalue weighted by molar-refractivity contribution is 7.80. The summed E-state index contributed by atoms with van der Waals surface area (Å²) in [4.78, 5) is -0.396. The van der Waals surface area contributed by atoms with Crippen LogP contribution < -0.4 is 10.5 Å². The molecular weight excluding hydrogens is 306 g/mol. The molecule has 0 aliphatic carbocycles. The molecule has 2 nitrogen and oxygen atoms in total. The number of ether oxygens (including phenoxy) is 1. The molecule has 0 unspecified atom stereocenters. The van der Waals surface area contributed by atoms with Crippen LogP contribution in [0.3, 0.4) is 0 Å². The van der Waals surface area contributed by atoms with Gasteiger partial charge < -0.3 is 10.5 Å². The normalized spacial score (nSPS) is 11.2. The number of hydrogen-bond acceptors (Lipinski definition) is 2. The summed E-state index contributed by atoms with van der Waals surface area (Å²) < 4.78 is 56.8. The minimum atomic E-state index is -4.57. The molecule has 0 heterocycles. The van der Waals surface area contributed by atoms with Gasteiger partial charge in [0.05, 0.1) is 5.56 Å². The van der Waals surface area contributed by atoms with Crippen molar-refractivity contribution in [2.75, 3.05) is 0 Å². The number of thiocarbonyl (C=S) groups is 1. The molecule has 0 radical (unpaired) electrons. The average Bonchev–Trinajstić information content (AvgIpc) is 2.37. The quantitative estimate of drug-likeness (QED) is 0.678. The molecule has 110 valence electrons. The second-order valence-corrected chi connectivity index (χ2v) is 4.57. The third-order valence-corrected chi connectivity index (χ3v) is 2.81. The molecule has 0 saturated heterocycles. The first-order valence-corrected chi connectivity index (χ1v) is 6.12. The fraction of sp³-hybridized carbons (Fsp3) is 0.0714. The van der Waals surface area contributed by atoms with Gasteiger partial charge in [0.1, 0.15) is 22.3 Å². The van der Waals surface area contributed by atoms with Gasteiger partial charge in [0, 0.05) is 11.6 Å². The van der Waals surface area contributed by atoms with E-state index in [-0.39, 0.29) is 17.1 Å². The lowest BCUT2D eigenvalue weighted by molar-refractivity contribution is -0.137. The van der Waals surface area contributed by atoms with E-state index in [1.165, 1.54) is 18.2 Å². The third kappa shape index (κ3) is 3.69. The fourth-order valence-corrected chi connectivity index (χ4v) is 1.87. The van der Waals surface area contributed by atoms with E-state index in [0.717, 1.165) is 24.3 Å². The molecule has 21 heavy (non-hydrogen) atoms. The number of hydrogen-bond donors (Lipinski definition) is 1. The van der Waals surface area contributed by atoms with E-state index >= 15 is 0 Å². The molecule has 0 atom stereocenters. The zero-order chi connectivity index (χ0) is 15.6. The zero-order valence-corrected chi connectivity index (χ0v) is 11.3. The Morgan fingerprint density at radius 3 is 2.29 bits per heavy atom. The van der Waals surface area contributed by atoms with Crippen molar-refractivity contribution in [1.29, 1.82) is 0 Å². The monoisotopic (exact) mass is 315 g/mol. The molecule has 2 rings (SSSR count). The Kier molecular flexibility index (Phi) is 4.13. The number of alkyl halides is 3. The summed E-state index contributed by atoms with van der Waals surface area (Å²) in [6.45, 7) is 0. The molecule has 2 N–H and O–H groups in total. The van der Waals surface area contributed by atoms with Crippen molar-refractivity contribution in [3.8, 4) is 11.5 Å². The highest BCUT2D eigenvalue weighted by Crippen LogP contribution is 2.34. The summed E-state index contributed by atoms with van der Waals surface area (Å²) in [6.07, 6.45) is -4.57. The highest BCUT2D eigenvalue weighted by atomic mass is 32.1. The second-order valence-electron chi connectivity index (χ2n) is 4.13. The van der Waals surface area contributed by atoms with Crippen LogP contribution in [0.2, 0.25) is 0 Å². The predicted octanol–water partition coefficient (Wildman–Crippen LogP) is 4.27. The van der Waals surface area contributed by atoms with Crippen LogP contribution in [-0.2, 0) is 6.18 Å². The van der Waals surface area contributed by atoms with E-state index in [4.69, 9.17) is 10.5 Å². The topological polar surface area (TPSA) is 35.2 Å². The van der Waals surface area contributed by atoms with Gasteiger partial charge in [0.25, 0.3) is 0 Å². The van der Waals surface area contributed by atoms with Crippen LogP contribution in [0.5, 0.6) is 11.5 Å². The minimum Gasteiger partial charge on any atom is -0.457 e. The van der Waals surface area contributed by atoms with Crippen LogP contribution in [0.25, 0.3) is 0 Å². The molecule has 0 saturated carbocycles. The standard InChI is InChI=1S/C14H9F4NOS/c15-8-2-1-3-9(6-8)20-10-4-5-12(14(16,17)18)11(7-10)13(19)21/h1-7H,(H2,19,21). The lowest BCUT2D eigenvalue weighted by atomic mass is 10.1. The molecule has 7 heteroatoms. The summed E-state index contributed by atoms with van der Waals surface area (Å²) >= 11 is 4.63. The van der Waals surface area contributed by atoms with Gasteiger partial charge in [-0.1, -0.05) is 18.3 Å². The predicted molar refractivity (Wildman–Crippen MR) is 73.8 cm³/mol. The van der Waals surface area contributed by atoms with Crippen molar-refractivity contribution < 1.29 is 22.3 Å². The first-order chi connectivity index (χ1) is 9.77. The summed E-state index contributed by atoms with van der Waals surface area (Å²) in [6, 6.07) is 8.25. The number of benzene rings is 2. The van der Waals surface area contributed by atoms with Crippen LogP contribution in [0.4, 0.5) is 17.6 Å². The maximum Gasteiger partial charge on any atom is 0.417 e. The van der Waals surface area contributed by atoms with E-state index in [0.29, 0.717) is 0 Å². The van der Waals surface area contributed by atoms with Crippen LogP contribution >= 0.6 is 12.2 Å². The van der Waals surface area contributed by atoms with Crippen LogP contribution in [0.15, 0.2) is 42.5 Å². The van der Waals surface area contributed by atoms with E-state index < -0.39 is 22.5 Å². The zero-order valence-electron chi connectivity index (χ0n) is 10.4. The Morgan fingerprint density at radius 2 is 1.71 bits per heavy atom. The first kappa shape index (κ1) is 15.2. The van der Waals surface area contributed by atoms with Gasteiger partial charge in [-0.2, -0.15) is 13.2 Å². The van der Waals surface area contributed by atoms with Gasteiger partial charge in [-0.3, -0.25) is 0 Å². The molecule has 0 aliphatic rings. The maximum atomic E-state index is 13.0. The summed E-state index contributed by atoms with van der Waals surface area (Å²) in [5.41, 5.74) is 4.03. The molecule has 0 bridgehead atoms. The number of rotatable bonds is 3. The van der Waals surface area contributed by atoms with Gasteiger partial charge in [0.2, 0.25) is 0 Å². The van der Waals surface area contributed by atoms with Crippen molar-refractivity contribution in [3.63, 3.8) is 0 Å². The lowest BCUT2D eigenvalue weighted by Crippen LogP contribution is -2.17. The molecule has 0 fully saturated rings. The summed E-state index contributed by atoms with van der Waals surface area (Å²) in [7, 11) is 0. The van der Waals surface area contributed by atoms with Gasteiger partial charge >= 0.3 is 6.18 Å². The van der Waals surface area contributed by atoms with Crippen molar-refractivity contribution >= 4 is 17.2 Å². The number of nitrogens with two attached hydrogens (primary N) is 1. The van der Waals surface area contributed by atoms with E-state index in [2.05, 4.69) is 12.2 Å². The largest absolute Gasteiger partial charge is 0.457 e. The van der Waals surface area contributed by atoms with Crippen LogP contribution in [0, 0.1) is 5.82 Å². The van der Waals surface area contributed by atoms with Gasteiger partial charge in [-0.05, 0) is 30.3 Å². The van der Waals surface area contributed by atoms with Crippen molar-refractivity contribution in [2.45, 2.75) is 6.18 Å². The maximum absolute atomic E-state index is 13.0. The Labute approximate surface area is 123 Å². The Hall–Kier alpha value is -2.15. The average molecular weight is 315 g/mol. The first-order valence-electron chi connectivity index (χ1n) is 5.72. The molecule has 0 amide bonds. The van der Waals surface area contributed by atoms with E-state index in [1.807, 2.05) is 0 Å². The van der Waals surface area contributed by atoms with Crippen LogP contribution in [0.1, 0.15) is 11.1 Å². The highest BCUT2D eigenvalue weighted by Gasteiger charge is 2.34. The Morgan fingerprint density at radius 1 is 1.05 bits per heavy atom. The van der Waals surface area contributed by atoms with Crippen LogP contribution in [-0.4, -0.2) is 4.99 Å². The van der Waals surface area contributed by atoms with Crippen molar-refractivity contribution in [2.24, 2.45) is 5.73 Å². The van der Waals surface area contributed by atoms with E-state index in [1.54, 1.807) is 0 Å². The third-order valence-electron chi connectivity index (χ3n) is 2.59. The summed E-state index contributed by atoms with van der Waals surface area (Å²) in [5, 5.41) is 0. The second kappa shape index (κ2) is 5.69. The Balaban J connectivity index is 2.39. The summed E-state index contributed by atoms with van der Waals surface area (Å²) in [5.74, 6) is -0.283. The van der Waals surface area contributed by atoms with E-state index in [9.17, 15) is 17.6 Å². The van der Waals surface area contributed by atoms with Crippen molar-refractivity contribution in [3.05, 3.63) is 59.4 Å². The molecular formula is C14H9F4NOS. The lowest BCUT2D eigenvalue weighted by Gasteiger charge is -2.14.